The number of nitrogens with zero attached hydrogens (tertiary/aromatic N) is 1. The van der Waals surface area contributed by atoms with E-state index < -0.39 is 0 Å². The summed E-state index contributed by atoms with van der Waals surface area (Å²) in [5.41, 5.74) is 0. The number of piperazine rings is 1. The third-order valence-corrected chi connectivity index (χ3v) is 2.02. The van der Waals surface area contributed by atoms with E-state index in [1.165, 1.54) is 13.0 Å². The Morgan fingerprint density at radius 1 is 1.64 bits per heavy atom. The van der Waals surface area contributed by atoms with Crippen molar-refractivity contribution in [3.8, 4) is 0 Å². The first-order valence-corrected chi connectivity index (χ1v) is 4.48. The fourth-order valence-corrected chi connectivity index (χ4v) is 1.35. The van der Waals surface area contributed by atoms with Crippen molar-refractivity contribution in [2.45, 2.75) is 19.5 Å². The molecule has 0 aromatic heterocycles. The van der Waals surface area contributed by atoms with E-state index in [2.05, 4.69) is 29.5 Å². The molecule has 1 heterocycles. The first-order valence-electron chi connectivity index (χ1n) is 4.48. The van der Waals surface area contributed by atoms with E-state index in [0.717, 1.165) is 19.6 Å². The second-order valence-corrected chi connectivity index (χ2v) is 3.22. The van der Waals surface area contributed by atoms with E-state index >= 15 is 0 Å². The van der Waals surface area contributed by atoms with E-state index in [1.54, 1.807) is 0 Å². The first-order chi connectivity index (χ1) is 5.33. The number of hydrogen-bond acceptors (Lipinski definition) is 3. The SMILES string of the molecule is CCCNC1CN(C)CCN1. The molecule has 0 radical (unpaired) electrons. The monoisotopic (exact) mass is 157 g/mol. The predicted molar refractivity (Wildman–Crippen MR) is 47.6 cm³/mol. The Labute approximate surface area is 69.1 Å². The molecule has 0 amide bonds. The highest BCUT2D eigenvalue weighted by molar-refractivity contribution is 4.74. The van der Waals surface area contributed by atoms with Crippen molar-refractivity contribution >= 4 is 0 Å². The maximum Gasteiger partial charge on any atom is 0.0703 e. The molecule has 2 N–H and O–H groups in total. The maximum absolute atomic E-state index is 3.45. The third kappa shape index (κ3) is 3.18. The summed E-state index contributed by atoms with van der Waals surface area (Å²) in [6, 6.07) is 0. The molecule has 0 bridgehead atoms. The van der Waals surface area contributed by atoms with Gasteiger partial charge in [-0.15, -0.1) is 0 Å². The van der Waals surface area contributed by atoms with Gasteiger partial charge in [0.1, 0.15) is 0 Å². The van der Waals surface area contributed by atoms with Crippen molar-refractivity contribution in [3.05, 3.63) is 0 Å². The fourth-order valence-electron chi connectivity index (χ4n) is 1.35. The van der Waals surface area contributed by atoms with Gasteiger partial charge in [-0.2, -0.15) is 0 Å². The molecule has 0 aliphatic carbocycles. The molecular formula is C8H19N3. The molecule has 1 aliphatic heterocycles. The molecule has 1 unspecified atom stereocenters. The van der Waals surface area contributed by atoms with Crippen LogP contribution in [0.5, 0.6) is 0 Å². The second-order valence-electron chi connectivity index (χ2n) is 3.22. The second kappa shape index (κ2) is 4.70. The van der Waals surface area contributed by atoms with Gasteiger partial charge in [-0.25, -0.2) is 0 Å². The molecule has 0 aromatic carbocycles. The van der Waals surface area contributed by atoms with Gasteiger partial charge in [-0.05, 0) is 20.0 Å². The van der Waals surface area contributed by atoms with E-state index in [-0.39, 0.29) is 0 Å². The molecule has 1 rings (SSSR count). The summed E-state index contributed by atoms with van der Waals surface area (Å²) in [5, 5.41) is 6.88. The number of rotatable bonds is 3. The zero-order valence-electron chi connectivity index (χ0n) is 7.56. The number of hydrogen-bond donors (Lipinski definition) is 2. The van der Waals surface area contributed by atoms with Gasteiger partial charge in [0.15, 0.2) is 0 Å². The molecular weight excluding hydrogens is 138 g/mol. The van der Waals surface area contributed by atoms with Crippen molar-refractivity contribution in [1.82, 2.24) is 15.5 Å². The Hall–Kier alpha value is -0.120. The minimum atomic E-state index is 0.508. The van der Waals surface area contributed by atoms with Crippen molar-refractivity contribution in [2.75, 3.05) is 33.2 Å². The van der Waals surface area contributed by atoms with Crippen LogP contribution in [0.15, 0.2) is 0 Å². The van der Waals surface area contributed by atoms with Gasteiger partial charge in [0.05, 0.1) is 6.17 Å². The lowest BCUT2D eigenvalue weighted by Crippen LogP contribution is -2.56. The molecule has 0 aromatic rings. The summed E-state index contributed by atoms with van der Waals surface area (Å²) in [5.74, 6) is 0. The minimum absolute atomic E-state index is 0.508. The molecule has 1 aliphatic rings. The molecule has 1 atom stereocenters. The standard InChI is InChI=1S/C8H19N3/c1-3-4-9-8-7-11(2)6-5-10-8/h8-10H,3-7H2,1-2H3. The predicted octanol–water partition coefficient (Wildman–Crippen LogP) is -0.153. The smallest absolute Gasteiger partial charge is 0.0703 e. The van der Waals surface area contributed by atoms with Crippen molar-refractivity contribution in [3.63, 3.8) is 0 Å². The molecule has 66 valence electrons. The summed E-state index contributed by atoms with van der Waals surface area (Å²) in [7, 11) is 2.17. The van der Waals surface area contributed by atoms with Crippen LogP contribution in [0.4, 0.5) is 0 Å². The maximum atomic E-state index is 3.45. The number of likely N-dealkylation sites (N-methyl/N-ethyl adjacent to an activating group) is 1. The van der Waals surface area contributed by atoms with Crippen LogP contribution in [0.25, 0.3) is 0 Å². The molecule has 1 fully saturated rings. The average Bonchev–Trinajstić information content (AvgIpc) is 2.01. The number of nitrogens with one attached hydrogen (secondary N) is 2. The van der Waals surface area contributed by atoms with Gasteiger partial charge in [0.25, 0.3) is 0 Å². The highest BCUT2D eigenvalue weighted by atomic mass is 15.3. The van der Waals surface area contributed by atoms with Gasteiger partial charge in [0.2, 0.25) is 0 Å². The van der Waals surface area contributed by atoms with E-state index in [1.807, 2.05) is 0 Å². The Bertz CT molecular complexity index is 106. The van der Waals surface area contributed by atoms with Crippen LogP contribution >= 0.6 is 0 Å². The summed E-state index contributed by atoms with van der Waals surface area (Å²) < 4.78 is 0. The zero-order chi connectivity index (χ0) is 8.10. The van der Waals surface area contributed by atoms with Crippen molar-refractivity contribution < 1.29 is 0 Å². The van der Waals surface area contributed by atoms with Crippen LogP contribution in [-0.2, 0) is 0 Å². The zero-order valence-corrected chi connectivity index (χ0v) is 7.56. The summed E-state index contributed by atoms with van der Waals surface area (Å²) in [6.07, 6.45) is 1.72. The lowest BCUT2D eigenvalue weighted by molar-refractivity contribution is 0.215. The van der Waals surface area contributed by atoms with Gasteiger partial charge in [-0.3, -0.25) is 5.32 Å². The van der Waals surface area contributed by atoms with Crippen LogP contribution in [0, 0.1) is 0 Å². The lowest BCUT2D eigenvalue weighted by atomic mass is 10.3. The van der Waals surface area contributed by atoms with Crippen LogP contribution in [-0.4, -0.2) is 44.3 Å². The molecule has 0 saturated carbocycles. The topological polar surface area (TPSA) is 27.3 Å². The minimum Gasteiger partial charge on any atom is -0.302 e. The van der Waals surface area contributed by atoms with Crippen LogP contribution in [0.3, 0.4) is 0 Å². The summed E-state index contributed by atoms with van der Waals surface area (Å²) in [4.78, 5) is 2.35. The van der Waals surface area contributed by atoms with Gasteiger partial charge < -0.3 is 10.2 Å². The fraction of sp³-hybridized carbons (Fsp3) is 1.00. The Morgan fingerprint density at radius 2 is 2.45 bits per heavy atom. The normalized spacial score (nSPS) is 27.3. The molecule has 11 heavy (non-hydrogen) atoms. The summed E-state index contributed by atoms with van der Waals surface area (Å²) >= 11 is 0. The van der Waals surface area contributed by atoms with E-state index in [0.29, 0.717) is 6.17 Å². The van der Waals surface area contributed by atoms with Gasteiger partial charge >= 0.3 is 0 Å². The third-order valence-electron chi connectivity index (χ3n) is 2.02. The Balaban J connectivity index is 2.12. The van der Waals surface area contributed by atoms with Crippen LogP contribution in [0.2, 0.25) is 0 Å². The van der Waals surface area contributed by atoms with Crippen LogP contribution in [0.1, 0.15) is 13.3 Å². The van der Waals surface area contributed by atoms with Gasteiger partial charge in [-0.1, -0.05) is 6.92 Å². The largest absolute Gasteiger partial charge is 0.302 e. The van der Waals surface area contributed by atoms with Crippen molar-refractivity contribution in [2.24, 2.45) is 0 Å². The highest BCUT2D eigenvalue weighted by Crippen LogP contribution is 1.92. The first kappa shape index (κ1) is 8.97. The molecule has 3 nitrogen and oxygen atoms in total. The summed E-state index contributed by atoms with van der Waals surface area (Å²) in [6.45, 7) is 6.72. The van der Waals surface area contributed by atoms with Crippen LogP contribution < -0.4 is 10.6 Å². The van der Waals surface area contributed by atoms with E-state index in [4.69, 9.17) is 0 Å². The molecule has 1 saturated heterocycles. The highest BCUT2D eigenvalue weighted by Gasteiger charge is 2.14. The average molecular weight is 157 g/mol. The van der Waals surface area contributed by atoms with E-state index in [9.17, 15) is 0 Å². The molecule has 3 heteroatoms. The Morgan fingerprint density at radius 3 is 3.09 bits per heavy atom. The van der Waals surface area contributed by atoms with Crippen molar-refractivity contribution in [1.29, 1.82) is 0 Å². The lowest BCUT2D eigenvalue weighted by Gasteiger charge is -2.31. The quantitative estimate of drug-likeness (QED) is 0.596. The Kier molecular flexibility index (Phi) is 3.83. The van der Waals surface area contributed by atoms with Gasteiger partial charge in [0, 0.05) is 19.6 Å². The molecule has 0 spiro atoms.